The number of nitrogens with zero attached hydrogens (tertiary/aromatic N) is 2. The maximum atomic E-state index is 13.3. The minimum Gasteiger partial charge on any atom is -0.354 e. The molecule has 0 bridgehead atoms. The van der Waals surface area contributed by atoms with E-state index >= 15 is 0 Å². The van der Waals surface area contributed by atoms with Crippen molar-refractivity contribution in [3.8, 4) is 0 Å². The molecule has 3 rings (SSSR count). The van der Waals surface area contributed by atoms with Crippen molar-refractivity contribution in [2.45, 2.75) is 24.0 Å². The molecule has 0 heterocycles. The first-order chi connectivity index (χ1) is 16.8. The molecule has 0 fully saturated rings. The summed E-state index contributed by atoms with van der Waals surface area (Å²) in [4.78, 5) is 23.3. The number of carbonyl (C=O) groups excluding carboxylic acids is 1. The lowest BCUT2D eigenvalue weighted by molar-refractivity contribution is -0.384. The summed E-state index contributed by atoms with van der Waals surface area (Å²) >= 11 is 1.77. The Kier molecular flexibility index (Phi) is 9.27. The number of amides is 1. The van der Waals surface area contributed by atoms with E-state index in [0.717, 1.165) is 28.3 Å². The molecular formula is C25H27N3O5S2. The molecule has 0 aliphatic rings. The van der Waals surface area contributed by atoms with Crippen LogP contribution in [0.25, 0.3) is 0 Å². The van der Waals surface area contributed by atoms with Crippen LogP contribution >= 0.6 is 11.8 Å². The van der Waals surface area contributed by atoms with Gasteiger partial charge in [0.25, 0.3) is 15.7 Å². The van der Waals surface area contributed by atoms with Crippen LogP contribution in [-0.4, -0.2) is 38.1 Å². The van der Waals surface area contributed by atoms with Gasteiger partial charge in [-0.3, -0.25) is 19.2 Å². The van der Waals surface area contributed by atoms with E-state index in [9.17, 15) is 23.3 Å². The molecule has 0 spiro atoms. The Balaban J connectivity index is 1.63. The van der Waals surface area contributed by atoms with Crippen molar-refractivity contribution >= 4 is 39.1 Å². The summed E-state index contributed by atoms with van der Waals surface area (Å²) < 4.78 is 27.5. The molecule has 0 saturated carbocycles. The number of benzene rings is 3. The molecule has 35 heavy (non-hydrogen) atoms. The first kappa shape index (κ1) is 26.2. The maximum absolute atomic E-state index is 13.3. The van der Waals surface area contributed by atoms with Crippen molar-refractivity contribution in [3.05, 3.63) is 100 Å². The molecule has 1 N–H and O–H groups in total. The first-order valence-electron chi connectivity index (χ1n) is 11.0. The molecule has 0 radical (unpaired) electrons. The van der Waals surface area contributed by atoms with Gasteiger partial charge in [-0.15, -0.1) is 0 Å². The fraction of sp³-hybridized carbons (Fsp3) is 0.240. The van der Waals surface area contributed by atoms with Gasteiger partial charge in [0.05, 0.1) is 15.5 Å². The SMILES string of the molecule is Cc1ccccc1CSCCCNC(=O)CN(c1cccc([N+](=O)[O-])c1)S(=O)(=O)c1ccccc1. The smallest absolute Gasteiger partial charge is 0.271 e. The van der Waals surface area contributed by atoms with E-state index in [0.29, 0.717) is 6.54 Å². The number of sulfonamides is 1. The summed E-state index contributed by atoms with van der Waals surface area (Å²) in [5.41, 5.74) is 2.31. The van der Waals surface area contributed by atoms with E-state index in [1.165, 1.54) is 41.5 Å². The fourth-order valence-electron chi connectivity index (χ4n) is 3.34. The van der Waals surface area contributed by atoms with Crippen LogP contribution in [0.15, 0.2) is 83.8 Å². The predicted octanol–water partition coefficient (Wildman–Crippen LogP) is 4.54. The molecule has 0 aliphatic carbocycles. The highest BCUT2D eigenvalue weighted by molar-refractivity contribution is 7.98. The molecular weight excluding hydrogens is 486 g/mol. The number of thioether (sulfide) groups is 1. The number of carbonyl (C=O) groups is 1. The fourth-order valence-corrected chi connectivity index (χ4v) is 5.81. The average Bonchev–Trinajstić information content (AvgIpc) is 2.86. The van der Waals surface area contributed by atoms with Gasteiger partial charge in [-0.1, -0.05) is 48.5 Å². The maximum Gasteiger partial charge on any atom is 0.271 e. The number of aryl methyl sites for hydroxylation is 1. The molecule has 1 amide bonds. The highest BCUT2D eigenvalue weighted by Gasteiger charge is 2.28. The Hall–Kier alpha value is -3.37. The lowest BCUT2D eigenvalue weighted by atomic mass is 10.1. The normalized spacial score (nSPS) is 11.1. The Morgan fingerprint density at radius 2 is 1.74 bits per heavy atom. The Morgan fingerprint density at radius 3 is 2.46 bits per heavy atom. The molecule has 3 aromatic carbocycles. The molecule has 0 atom stereocenters. The van der Waals surface area contributed by atoms with Crippen LogP contribution in [0.4, 0.5) is 11.4 Å². The summed E-state index contributed by atoms with van der Waals surface area (Å²) in [6.45, 7) is 1.98. The topological polar surface area (TPSA) is 110 Å². The van der Waals surface area contributed by atoms with Gasteiger partial charge in [0.15, 0.2) is 0 Å². The van der Waals surface area contributed by atoms with Crippen molar-refractivity contribution in [1.82, 2.24) is 5.32 Å². The second kappa shape index (κ2) is 12.4. The monoisotopic (exact) mass is 513 g/mol. The van der Waals surface area contributed by atoms with Crippen LogP contribution in [0, 0.1) is 17.0 Å². The Labute approximate surface area is 209 Å². The summed E-state index contributed by atoms with van der Waals surface area (Å²) in [5.74, 6) is 1.24. The summed E-state index contributed by atoms with van der Waals surface area (Å²) in [5, 5.41) is 14.0. The van der Waals surface area contributed by atoms with Gasteiger partial charge in [-0.2, -0.15) is 11.8 Å². The zero-order valence-electron chi connectivity index (χ0n) is 19.3. The quantitative estimate of drug-likeness (QED) is 0.216. The minimum absolute atomic E-state index is 0.00749. The van der Waals surface area contributed by atoms with Crippen LogP contribution in [0.5, 0.6) is 0 Å². The summed E-state index contributed by atoms with van der Waals surface area (Å²) in [6.07, 6.45) is 0.727. The molecule has 10 heteroatoms. The van der Waals surface area contributed by atoms with Gasteiger partial charge < -0.3 is 5.32 Å². The number of hydrogen-bond acceptors (Lipinski definition) is 6. The van der Waals surface area contributed by atoms with Crippen molar-refractivity contribution < 1.29 is 18.1 Å². The third kappa shape index (κ3) is 7.30. The number of non-ortho nitro benzene ring substituents is 1. The summed E-state index contributed by atoms with van der Waals surface area (Å²) in [7, 11) is -4.12. The van der Waals surface area contributed by atoms with E-state index in [1.54, 1.807) is 30.0 Å². The number of rotatable bonds is 12. The molecule has 3 aromatic rings. The second-order valence-electron chi connectivity index (χ2n) is 7.78. The molecule has 0 aliphatic heterocycles. The van der Waals surface area contributed by atoms with Crippen molar-refractivity contribution in [2.24, 2.45) is 0 Å². The van der Waals surface area contributed by atoms with E-state index < -0.39 is 27.4 Å². The van der Waals surface area contributed by atoms with E-state index in [2.05, 4.69) is 24.4 Å². The molecule has 0 saturated heterocycles. The van der Waals surface area contributed by atoms with Crippen LogP contribution in [0.1, 0.15) is 17.5 Å². The predicted molar refractivity (Wildman–Crippen MR) is 139 cm³/mol. The molecule has 0 aromatic heterocycles. The van der Waals surface area contributed by atoms with Crippen LogP contribution < -0.4 is 9.62 Å². The lowest BCUT2D eigenvalue weighted by Gasteiger charge is -2.24. The molecule has 0 unspecified atom stereocenters. The zero-order chi connectivity index (χ0) is 25.3. The third-order valence-corrected chi connectivity index (χ3v) is 8.13. The number of nitro groups is 1. The molecule has 8 nitrogen and oxygen atoms in total. The number of hydrogen-bond donors (Lipinski definition) is 1. The van der Waals surface area contributed by atoms with Gasteiger partial charge >= 0.3 is 0 Å². The highest BCUT2D eigenvalue weighted by Crippen LogP contribution is 2.26. The van der Waals surface area contributed by atoms with Crippen molar-refractivity contribution in [3.63, 3.8) is 0 Å². The van der Waals surface area contributed by atoms with Gasteiger partial charge in [0, 0.05) is 24.4 Å². The highest BCUT2D eigenvalue weighted by atomic mass is 32.2. The summed E-state index contributed by atoms with van der Waals surface area (Å²) in [6, 6.07) is 21.1. The largest absolute Gasteiger partial charge is 0.354 e. The Bertz CT molecular complexity index is 1270. The number of nitro benzene ring substituents is 1. The first-order valence-corrected chi connectivity index (χ1v) is 13.6. The van der Waals surface area contributed by atoms with Crippen molar-refractivity contribution in [1.29, 1.82) is 0 Å². The van der Waals surface area contributed by atoms with Crippen LogP contribution in [-0.2, 0) is 20.6 Å². The number of anilines is 1. The van der Waals surface area contributed by atoms with E-state index in [-0.39, 0.29) is 16.3 Å². The average molecular weight is 514 g/mol. The van der Waals surface area contributed by atoms with Crippen LogP contribution in [0.2, 0.25) is 0 Å². The van der Waals surface area contributed by atoms with E-state index in [1.807, 2.05) is 12.1 Å². The minimum atomic E-state index is -4.12. The van der Waals surface area contributed by atoms with Crippen LogP contribution in [0.3, 0.4) is 0 Å². The Morgan fingerprint density at radius 1 is 1.03 bits per heavy atom. The zero-order valence-corrected chi connectivity index (χ0v) is 20.9. The van der Waals surface area contributed by atoms with Gasteiger partial charge in [-0.25, -0.2) is 8.42 Å². The van der Waals surface area contributed by atoms with Gasteiger partial charge in [0.2, 0.25) is 5.91 Å². The van der Waals surface area contributed by atoms with E-state index in [4.69, 9.17) is 0 Å². The third-order valence-electron chi connectivity index (χ3n) is 5.25. The second-order valence-corrected chi connectivity index (χ2v) is 10.8. The lowest BCUT2D eigenvalue weighted by Crippen LogP contribution is -2.41. The van der Waals surface area contributed by atoms with Crippen molar-refractivity contribution in [2.75, 3.05) is 23.1 Å². The number of nitrogens with one attached hydrogen (secondary N) is 1. The van der Waals surface area contributed by atoms with Gasteiger partial charge in [-0.05, 0) is 48.4 Å². The molecule has 184 valence electrons. The standard InChI is InChI=1S/C25H27N3O5S2/c1-20-9-5-6-10-21(20)19-34-16-8-15-26-25(29)18-27(22-11-7-12-23(17-22)28(30)31)35(32,33)24-13-3-2-4-14-24/h2-7,9-14,17H,8,15-16,18-19H2,1H3,(H,26,29). The van der Waals surface area contributed by atoms with Gasteiger partial charge in [0.1, 0.15) is 6.54 Å².